The molecule has 96 valence electrons. The summed E-state index contributed by atoms with van der Waals surface area (Å²) < 4.78 is 0. The number of aromatic amines is 1. The normalized spacial score (nSPS) is 22.9. The van der Waals surface area contributed by atoms with Crippen molar-refractivity contribution in [3.63, 3.8) is 0 Å². The number of amides is 1. The SMILES string of the molecule is O=C([C@@H]1CCc2n[nH]c(=O)cc2C1)N1CCCC1. The number of carbonyl (C=O) groups excluding carboxylic acids is 1. The van der Waals surface area contributed by atoms with E-state index in [0.717, 1.165) is 50.0 Å². The van der Waals surface area contributed by atoms with Crippen molar-refractivity contribution in [2.24, 2.45) is 5.92 Å². The lowest BCUT2D eigenvalue weighted by Gasteiger charge is -2.26. The molecule has 2 aliphatic rings. The lowest BCUT2D eigenvalue weighted by atomic mass is 9.86. The number of fused-ring (bicyclic) bond motifs is 1. The number of carbonyl (C=O) groups is 1. The van der Waals surface area contributed by atoms with Crippen molar-refractivity contribution in [1.29, 1.82) is 0 Å². The van der Waals surface area contributed by atoms with E-state index in [-0.39, 0.29) is 17.4 Å². The van der Waals surface area contributed by atoms with E-state index >= 15 is 0 Å². The second-order valence-corrected chi connectivity index (χ2v) is 5.18. The highest BCUT2D eigenvalue weighted by molar-refractivity contribution is 5.79. The van der Waals surface area contributed by atoms with Gasteiger partial charge in [-0.2, -0.15) is 5.10 Å². The van der Waals surface area contributed by atoms with Gasteiger partial charge in [-0.05, 0) is 37.7 Å². The van der Waals surface area contributed by atoms with E-state index in [1.54, 1.807) is 6.07 Å². The fraction of sp³-hybridized carbons (Fsp3) is 0.615. The molecule has 1 aliphatic heterocycles. The third-order valence-corrected chi connectivity index (χ3v) is 3.94. The fourth-order valence-corrected chi connectivity index (χ4v) is 2.95. The lowest BCUT2D eigenvalue weighted by Crippen LogP contribution is -2.37. The average molecular weight is 247 g/mol. The molecule has 0 saturated carbocycles. The maximum Gasteiger partial charge on any atom is 0.264 e. The Bertz CT molecular complexity index is 517. The van der Waals surface area contributed by atoms with Gasteiger partial charge in [0, 0.05) is 25.1 Å². The van der Waals surface area contributed by atoms with E-state index in [1.165, 1.54) is 0 Å². The van der Waals surface area contributed by atoms with E-state index in [9.17, 15) is 9.59 Å². The molecule has 2 heterocycles. The van der Waals surface area contributed by atoms with Crippen LogP contribution < -0.4 is 5.56 Å². The molecule has 1 aromatic heterocycles. The Morgan fingerprint density at radius 2 is 2.17 bits per heavy atom. The van der Waals surface area contributed by atoms with E-state index in [2.05, 4.69) is 10.2 Å². The second-order valence-electron chi connectivity index (χ2n) is 5.18. The van der Waals surface area contributed by atoms with Gasteiger partial charge in [-0.1, -0.05) is 0 Å². The van der Waals surface area contributed by atoms with Crippen LogP contribution in [0, 0.1) is 5.92 Å². The summed E-state index contributed by atoms with van der Waals surface area (Å²) in [6, 6.07) is 1.59. The van der Waals surface area contributed by atoms with Gasteiger partial charge in [-0.25, -0.2) is 5.10 Å². The number of H-pyrrole nitrogens is 1. The number of rotatable bonds is 1. The second kappa shape index (κ2) is 4.55. The first-order valence-corrected chi connectivity index (χ1v) is 6.60. The smallest absolute Gasteiger partial charge is 0.264 e. The zero-order valence-electron chi connectivity index (χ0n) is 10.3. The van der Waals surface area contributed by atoms with Gasteiger partial charge in [0.05, 0.1) is 5.69 Å². The minimum Gasteiger partial charge on any atom is -0.342 e. The topological polar surface area (TPSA) is 66.1 Å². The number of likely N-dealkylation sites (tertiary alicyclic amines) is 1. The number of aryl methyl sites for hydroxylation is 1. The van der Waals surface area contributed by atoms with E-state index in [4.69, 9.17) is 0 Å². The van der Waals surface area contributed by atoms with Crippen LogP contribution in [0.15, 0.2) is 10.9 Å². The van der Waals surface area contributed by atoms with Crippen molar-refractivity contribution in [3.8, 4) is 0 Å². The molecule has 3 rings (SSSR count). The highest BCUT2D eigenvalue weighted by Gasteiger charge is 2.30. The van der Waals surface area contributed by atoms with Crippen LogP contribution in [-0.4, -0.2) is 34.1 Å². The highest BCUT2D eigenvalue weighted by atomic mass is 16.2. The quantitative estimate of drug-likeness (QED) is 0.785. The summed E-state index contributed by atoms with van der Waals surface area (Å²) in [5.74, 6) is 0.303. The summed E-state index contributed by atoms with van der Waals surface area (Å²) in [5, 5.41) is 6.51. The Hall–Kier alpha value is -1.65. The van der Waals surface area contributed by atoms with E-state index < -0.39 is 0 Å². The number of hydrogen-bond donors (Lipinski definition) is 1. The van der Waals surface area contributed by atoms with Crippen LogP contribution in [0.5, 0.6) is 0 Å². The van der Waals surface area contributed by atoms with Gasteiger partial charge < -0.3 is 4.90 Å². The zero-order valence-corrected chi connectivity index (χ0v) is 10.3. The minimum absolute atomic E-state index is 0.0409. The van der Waals surface area contributed by atoms with Crippen LogP contribution in [0.4, 0.5) is 0 Å². The van der Waals surface area contributed by atoms with Gasteiger partial charge in [-0.15, -0.1) is 0 Å². The molecule has 5 heteroatoms. The molecule has 1 fully saturated rings. The molecular weight excluding hydrogens is 230 g/mol. The minimum atomic E-state index is -0.178. The third-order valence-electron chi connectivity index (χ3n) is 3.94. The van der Waals surface area contributed by atoms with Gasteiger partial charge in [0.2, 0.25) is 5.91 Å². The summed E-state index contributed by atoms with van der Waals surface area (Å²) >= 11 is 0. The Balaban J connectivity index is 1.77. The van der Waals surface area contributed by atoms with Crippen LogP contribution in [0.2, 0.25) is 0 Å². The van der Waals surface area contributed by atoms with Crippen LogP contribution in [0.1, 0.15) is 30.5 Å². The molecule has 0 aromatic carbocycles. The molecule has 1 N–H and O–H groups in total. The number of nitrogens with zero attached hydrogens (tertiary/aromatic N) is 2. The van der Waals surface area contributed by atoms with Crippen LogP contribution in [-0.2, 0) is 17.6 Å². The van der Waals surface area contributed by atoms with Crippen molar-refractivity contribution in [2.75, 3.05) is 13.1 Å². The molecule has 0 unspecified atom stereocenters. The van der Waals surface area contributed by atoms with Crippen molar-refractivity contribution < 1.29 is 4.79 Å². The molecular formula is C13H17N3O2. The molecule has 18 heavy (non-hydrogen) atoms. The third kappa shape index (κ3) is 2.05. The van der Waals surface area contributed by atoms with E-state index in [0.29, 0.717) is 6.42 Å². The van der Waals surface area contributed by atoms with Crippen molar-refractivity contribution in [1.82, 2.24) is 15.1 Å². The van der Waals surface area contributed by atoms with Crippen molar-refractivity contribution >= 4 is 5.91 Å². The van der Waals surface area contributed by atoms with Crippen LogP contribution in [0.3, 0.4) is 0 Å². The Kier molecular flexibility index (Phi) is 2.89. The highest BCUT2D eigenvalue weighted by Crippen LogP contribution is 2.25. The fourth-order valence-electron chi connectivity index (χ4n) is 2.95. The predicted octanol–water partition coefficient (Wildman–Crippen LogP) is 0.497. The first-order valence-electron chi connectivity index (χ1n) is 6.60. The lowest BCUT2D eigenvalue weighted by molar-refractivity contribution is -0.134. The number of hydrogen-bond acceptors (Lipinski definition) is 3. The largest absolute Gasteiger partial charge is 0.342 e. The van der Waals surface area contributed by atoms with Crippen molar-refractivity contribution in [2.45, 2.75) is 32.1 Å². The Labute approximate surface area is 105 Å². The summed E-state index contributed by atoms with van der Waals surface area (Å²) in [6.07, 6.45) is 4.55. The van der Waals surface area contributed by atoms with Crippen LogP contribution >= 0.6 is 0 Å². The van der Waals surface area contributed by atoms with Gasteiger partial charge >= 0.3 is 0 Å². The maximum absolute atomic E-state index is 12.3. The number of aromatic nitrogens is 2. The van der Waals surface area contributed by atoms with Gasteiger partial charge in [-0.3, -0.25) is 9.59 Å². The molecule has 0 spiro atoms. The molecule has 1 aliphatic carbocycles. The van der Waals surface area contributed by atoms with Gasteiger partial charge in [0.25, 0.3) is 5.56 Å². The average Bonchev–Trinajstić information content (AvgIpc) is 2.90. The summed E-state index contributed by atoms with van der Waals surface area (Å²) in [4.78, 5) is 25.5. The van der Waals surface area contributed by atoms with Crippen molar-refractivity contribution in [3.05, 3.63) is 27.7 Å². The van der Waals surface area contributed by atoms with E-state index in [1.807, 2.05) is 4.90 Å². The molecule has 0 radical (unpaired) electrons. The Morgan fingerprint density at radius 3 is 2.94 bits per heavy atom. The molecule has 5 nitrogen and oxygen atoms in total. The molecule has 1 saturated heterocycles. The molecule has 1 atom stereocenters. The van der Waals surface area contributed by atoms with Gasteiger partial charge in [0.15, 0.2) is 0 Å². The summed E-state index contributed by atoms with van der Waals surface area (Å²) in [5.41, 5.74) is 1.71. The first kappa shape index (κ1) is 11.4. The Morgan fingerprint density at radius 1 is 1.39 bits per heavy atom. The predicted molar refractivity (Wildman–Crippen MR) is 66.2 cm³/mol. The number of nitrogens with one attached hydrogen (secondary N) is 1. The van der Waals surface area contributed by atoms with Crippen LogP contribution in [0.25, 0.3) is 0 Å². The molecule has 1 aromatic rings. The monoisotopic (exact) mass is 247 g/mol. The maximum atomic E-state index is 12.3. The summed E-state index contributed by atoms with van der Waals surface area (Å²) in [6.45, 7) is 1.80. The molecule has 1 amide bonds. The van der Waals surface area contributed by atoms with Gasteiger partial charge in [0.1, 0.15) is 0 Å². The standard InChI is InChI=1S/C13H17N3O2/c17-12-8-10-7-9(3-4-11(10)14-15-12)13(18)16-5-1-2-6-16/h8-9H,1-7H2,(H,15,17)/t9-/m1/s1. The zero-order chi connectivity index (χ0) is 12.5. The summed E-state index contributed by atoms with van der Waals surface area (Å²) in [7, 11) is 0. The molecule has 0 bridgehead atoms. The first-order chi connectivity index (χ1) is 8.74.